The largest absolute Gasteiger partial charge is 0.416 e. The summed E-state index contributed by atoms with van der Waals surface area (Å²) in [5.41, 5.74) is -0.690. The van der Waals surface area contributed by atoms with Crippen LogP contribution in [-0.4, -0.2) is 21.7 Å². The van der Waals surface area contributed by atoms with Gasteiger partial charge in [0.1, 0.15) is 11.4 Å². The van der Waals surface area contributed by atoms with Crippen molar-refractivity contribution in [2.24, 2.45) is 5.92 Å². The molecule has 0 spiro atoms. The number of amides is 1. The minimum Gasteiger partial charge on any atom is -0.366 e. The molecular formula is C27H33F3N4O. The van der Waals surface area contributed by atoms with Crippen LogP contribution in [0.1, 0.15) is 74.9 Å². The molecule has 2 aliphatic rings. The fraction of sp³-hybridized carbons (Fsp3) is 0.481. The molecule has 35 heavy (non-hydrogen) atoms. The van der Waals surface area contributed by atoms with Crippen molar-refractivity contribution in [3.05, 3.63) is 71.5 Å². The van der Waals surface area contributed by atoms with Gasteiger partial charge in [0.25, 0.3) is 5.91 Å². The van der Waals surface area contributed by atoms with Gasteiger partial charge in [0.15, 0.2) is 0 Å². The summed E-state index contributed by atoms with van der Waals surface area (Å²) in [4.78, 5) is 13.6. The standard InChI is InChI=1S/C27H33F3N4O/c1-5-26(6-2,19-12-14-20(15-13-19)27(28,29)30)33-24(35)21-17-31-34-23(21)32-22(16-25(34,3)4)18-10-8-7-9-11-18/h7-10,12-15,17-18,22,32H,5-6,11,16H2,1-4H3,(H,33,35)/t18?,22-/m1/s1. The third kappa shape index (κ3) is 4.75. The van der Waals surface area contributed by atoms with Crippen LogP contribution in [0.2, 0.25) is 0 Å². The first kappa shape index (κ1) is 25.1. The van der Waals surface area contributed by atoms with E-state index in [1.807, 2.05) is 24.6 Å². The quantitative estimate of drug-likeness (QED) is 0.497. The van der Waals surface area contributed by atoms with Crippen LogP contribution in [0.15, 0.2) is 54.8 Å². The second-order valence-electron chi connectivity index (χ2n) is 10.1. The second kappa shape index (κ2) is 9.21. The third-order valence-corrected chi connectivity index (χ3v) is 7.48. The van der Waals surface area contributed by atoms with E-state index in [-0.39, 0.29) is 17.5 Å². The van der Waals surface area contributed by atoms with Gasteiger partial charge in [-0.2, -0.15) is 18.3 Å². The number of hydrogen-bond acceptors (Lipinski definition) is 3. The van der Waals surface area contributed by atoms with Crippen molar-refractivity contribution in [2.45, 2.75) is 76.7 Å². The molecule has 1 unspecified atom stereocenters. The Balaban J connectivity index is 1.63. The van der Waals surface area contributed by atoms with E-state index in [1.165, 1.54) is 12.1 Å². The fourth-order valence-corrected chi connectivity index (χ4v) is 5.29. The van der Waals surface area contributed by atoms with Crippen molar-refractivity contribution < 1.29 is 18.0 Å². The summed E-state index contributed by atoms with van der Waals surface area (Å²) >= 11 is 0. The molecule has 5 nitrogen and oxygen atoms in total. The number of hydrogen-bond donors (Lipinski definition) is 2. The number of carbonyl (C=O) groups is 1. The molecule has 2 N–H and O–H groups in total. The number of aromatic nitrogens is 2. The monoisotopic (exact) mass is 486 g/mol. The molecule has 2 atom stereocenters. The van der Waals surface area contributed by atoms with Crippen molar-refractivity contribution in [3.8, 4) is 0 Å². The first-order valence-electron chi connectivity index (χ1n) is 12.2. The van der Waals surface area contributed by atoms with Gasteiger partial charge in [0, 0.05) is 12.0 Å². The van der Waals surface area contributed by atoms with Gasteiger partial charge >= 0.3 is 6.18 Å². The Kier molecular flexibility index (Phi) is 6.60. The molecule has 0 saturated heterocycles. The highest BCUT2D eigenvalue weighted by atomic mass is 19.4. The molecule has 1 aromatic heterocycles. The summed E-state index contributed by atoms with van der Waals surface area (Å²) in [5.74, 6) is 0.703. The molecular weight excluding hydrogens is 453 g/mol. The highest BCUT2D eigenvalue weighted by Crippen LogP contribution is 2.39. The molecule has 2 heterocycles. The second-order valence-corrected chi connectivity index (χ2v) is 10.1. The molecule has 1 aliphatic heterocycles. The van der Waals surface area contributed by atoms with E-state index in [0.717, 1.165) is 25.0 Å². The van der Waals surface area contributed by atoms with Crippen molar-refractivity contribution in [1.82, 2.24) is 15.1 Å². The first-order valence-corrected chi connectivity index (χ1v) is 12.2. The molecule has 2 aromatic rings. The molecule has 0 bridgehead atoms. The Bertz CT molecular complexity index is 1120. The third-order valence-electron chi connectivity index (χ3n) is 7.48. The average molecular weight is 487 g/mol. The van der Waals surface area contributed by atoms with Crippen LogP contribution in [0.5, 0.6) is 0 Å². The van der Waals surface area contributed by atoms with Gasteiger partial charge in [0.2, 0.25) is 0 Å². The average Bonchev–Trinajstić information content (AvgIpc) is 3.28. The molecule has 1 aliphatic carbocycles. The van der Waals surface area contributed by atoms with Crippen LogP contribution >= 0.6 is 0 Å². The smallest absolute Gasteiger partial charge is 0.366 e. The van der Waals surface area contributed by atoms with Crippen LogP contribution in [0.3, 0.4) is 0 Å². The lowest BCUT2D eigenvalue weighted by Gasteiger charge is -2.41. The summed E-state index contributed by atoms with van der Waals surface area (Å²) in [7, 11) is 0. The van der Waals surface area contributed by atoms with Crippen LogP contribution in [-0.2, 0) is 17.3 Å². The number of nitrogens with one attached hydrogen (secondary N) is 2. The normalized spacial score (nSPS) is 21.3. The Morgan fingerprint density at radius 2 is 1.80 bits per heavy atom. The van der Waals surface area contributed by atoms with Crippen LogP contribution in [0, 0.1) is 5.92 Å². The zero-order chi connectivity index (χ0) is 25.4. The van der Waals surface area contributed by atoms with E-state index in [9.17, 15) is 18.0 Å². The van der Waals surface area contributed by atoms with Crippen molar-refractivity contribution in [3.63, 3.8) is 0 Å². The van der Waals surface area contributed by atoms with Gasteiger partial charge in [-0.1, -0.05) is 50.3 Å². The molecule has 8 heteroatoms. The number of alkyl halides is 3. The van der Waals surface area contributed by atoms with Gasteiger partial charge in [-0.15, -0.1) is 0 Å². The van der Waals surface area contributed by atoms with Crippen molar-refractivity contribution in [1.29, 1.82) is 0 Å². The van der Waals surface area contributed by atoms with E-state index >= 15 is 0 Å². The number of fused-ring (bicyclic) bond motifs is 1. The van der Waals surface area contributed by atoms with Gasteiger partial charge in [-0.3, -0.25) is 4.79 Å². The van der Waals surface area contributed by atoms with Crippen molar-refractivity contribution in [2.75, 3.05) is 5.32 Å². The summed E-state index contributed by atoms with van der Waals surface area (Å²) in [6.45, 7) is 8.09. The summed E-state index contributed by atoms with van der Waals surface area (Å²) in [5, 5.41) is 11.2. The van der Waals surface area contributed by atoms with Gasteiger partial charge in [-0.25, -0.2) is 4.68 Å². The molecule has 0 radical (unpaired) electrons. The molecule has 0 fully saturated rings. The first-order chi connectivity index (χ1) is 16.5. The number of benzene rings is 1. The number of carbonyl (C=O) groups excluding carboxylic acids is 1. The van der Waals surface area contributed by atoms with E-state index < -0.39 is 17.3 Å². The highest BCUT2D eigenvalue weighted by molar-refractivity contribution is 5.99. The lowest BCUT2D eigenvalue weighted by molar-refractivity contribution is -0.137. The summed E-state index contributed by atoms with van der Waals surface area (Å²) in [6, 6.07) is 5.22. The minimum absolute atomic E-state index is 0.152. The molecule has 1 amide bonds. The number of allylic oxidation sites excluding steroid dienone is 3. The molecule has 4 rings (SSSR count). The Labute approximate surface area is 204 Å². The zero-order valence-electron chi connectivity index (χ0n) is 20.6. The Morgan fingerprint density at radius 1 is 1.14 bits per heavy atom. The maximum Gasteiger partial charge on any atom is 0.416 e. The maximum atomic E-state index is 13.6. The number of rotatable bonds is 6. The topological polar surface area (TPSA) is 59.0 Å². The van der Waals surface area contributed by atoms with E-state index in [4.69, 9.17) is 0 Å². The SMILES string of the molecule is CCC(CC)(NC(=O)c1cnn2c1N[C@@H](C1C=CC=CC1)CC2(C)C)c1ccc(C(F)(F)F)cc1. The van der Waals surface area contributed by atoms with Crippen molar-refractivity contribution >= 4 is 11.7 Å². The minimum atomic E-state index is -4.40. The number of nitrogens with zero attached hydrogens (tertiary/aromatic N) is 2. The zero-order valence-corrected chi connectivity index (χ0v) is 20.6. The predicted octanol–water partition coefficient (Wildman–Crippen LogP) is 6.40. The molecule has 1 aromatic carbocycles. The highest BCUT2D eigenvalue weighted by Gasteiger charge is 2.40. The summed E-state index contributed by atoms with van der Waals surface area (Å²) < 4.78 is 41.1. The predicted molar refractivity (Wildman–Crippen MR) is 131 cm³/mol. The summed E-state index contributed by atoms with van der Waals surface area (Å²) in [6.07, 6.45) is 8.50. The van der Waals surface area contributed by atoms with Gasteiger partial charge in [-0.05, 0) is 57.2 Å². The lowest BCUT2D eigenvalue weighted by atomic mass is 9.82. The number of anilines is 1. The van der Waals surface area contributed by atoms with E-state index in [0.29, 0.717) is 35.7 Å². The van der Waals surface area contributed by atoms with E-state index in [1.54, 1.807) is 6.20 Å². The Hall–Kier alpha value is -3.03. The molecule has 0 saturated carbocycles. The van der Waals surface area contributed by atoms with Gasteiger partial charge < -0.3 is 10.6 Å². The van der Waals surface area contributed by atoms with Crippen LogP contribution in [0.4, 0.5) is 19.0 Å². The number of halogens is 3. The van der Waals surface area contributed by atoms with Crippen LogP contribution < -0.4 is 10.6 Å². The Morgan fingerprint density at radius 3 is 2.37 bits per heavy atom. The lowest BCUT2D eigenvalue weighted by Crippen LogP contribution is -2.47. The van der Waals surface area contributed by atoms with E-state index in [2.05, 4.69) is 47.8 Å². The maximum absolute atomic E-state index is 13.6. The van der Waals surface area contributed by atoms with Crippen LogP contribution in [0.25, 0.3) is 0 Å². The fourth-order valence-electron chi connectivity index (χ4n) is 5.29. The molecule has 188 valence electrons. The van der Waals surface area contributed by atoms with Gasteiger partial charge in [0.05, 0.1) is 22.8 Å².